The van der Waals surface area contributed by atoms with Gasteiger partial charge in [0.2, 0.25) is 0 Å². The highest BCUT2D eigenvalue weighted by Crippen LogP contribution is 2.38. The molecule has 19 heavy (non-hydrogen) atoms. The molecular weight excluding hydrogens is 262 g/mol. The molecule has 0 spiro atoms. The third kappa shape index (κ3) is 3.54. The van der Waals surface area contributed by atoms with Crippen molar-refractivity contribution >= 4 is 11.6 Å². The fraction of sp³-hybridized carbons (Fsp3) is 0.600. The number of nitrogens with one attached hydrogen (secondary N) is 1. The van der Waals surface area contributed by atoms with E-state index in [1.54, 1.807) is 7.11 Å². The Morgan fingerprint density at radius 3 is 2.68 bits per heavy atom. The van der Waals surface area contributed by atoms with Gasteiger partial charge in [0.05, 0.1) is 18.7 Å². The second kappa shape index (κ2) is 5.59. The zero-order valence-electron chi connectivity index (χ0n) is 11.2. The molecule has 0 unspecified atom stereocenters. The van der Waals surface area contributed by atoms with Crippen LogP contribution in [-0.4, -0.2) is 19.8 Å². The van der Waals surface area contributed by atoms with Crippen molar-refractivity contribution in [2.24, 2.45) is 5.92 Å². The van der Waals surface area contributed by atoms with E-state index in [1.165, 1.54) is 25.7 Å². The van der Waals surface area contributed by atoms with Crippen LogP contribution in [0.3, 0.4) is 0 Å². The van der Waals surface area contributed by atoms with Crippen LogP contribution < -0.4 is 14.8 Å². The van der Waals surface area contributed by atoms with Crippen LogP contribution in [0.1, 0.15) is 31.2 Å². The molecule has 0 saturated heterocycles. The molecule has 1 aromatic carbocycles. The second-order valence-corrected chi connectivity index (χ2v) is 5.93. The van der Waals surface area contributed by atoms with Crippen LogP contribution >= 0.6 is 11.6 Å². The Kier molecular flexibility index (Phi) is 3.85. The van der Waals surface area contributed by atoms with Gasteiger partial charge in [0.25, 0.3) is 0 Å². The molecule has 3 nitrogen and oxygen atoms in total. The second-order valence-electron chi connectivity index (χ2n) is 5.52. The molecule has 0 bridgehead atoms. The van der Waals surface area contributed by atoms with Gasteiger partial charge >= 0.3 is 0 Å². The summed E-state index contributed by atoms with van der Waals surface area (Å²) in [4.78, 5) is 0. The van der Waals surface area contributed by atoms with Gasteiger partial charge in [0.1, 0.15) is 0 Å². The highest BCUT2D eigenvalue weighted by Gasteiger charge is 2.24. The van der Waals surface area contributed by atoms with Crippen molar-refractivity contribution in [3.8, 4) is 11.5 Å². The van der Waals surface area contributed by atoms with Gasteiger partial charge in [-0.25, -0.2) is 0 Å². The molecule has 4 heteroatoms. The van der Waals surface area contributed by atoms with E-state index in [2.05, 4.69) is 5.32 Å². The quantitative estimate of drug-likeness (QED) is 0.831. The molecule has 2 saturated carbocycles. The lowest BCUT2D eigenvalue weighted by Gasteiger charge is -2.14. The van der Waals surface area contributed by atoms with Crippen LogP contribution in [-0.2, 0) is 6.54 Å². The van der Waals surface area contributed by atoms with Gasteiger partial charge in [0.15, 0.2) is 11.5 Å². The normalized spacial score (nSPS) is 18.4. The molecule has 0 atom stereocenters. The Morgan fingerprint density at radius 2 is 2.05 bits per heavy atom. The van der Waals surface area contributed by atoms with E-state index in [0.717, 1.165) is 24.5 Å². The average molecular weight is 282 g/mol. The lowest BCUT2D eigenvalue weighted by Crippen LogP contribution is -2.15. The third-order valence-corrected chi connectivity index (χ3v) is 3.90. The molecule has 0 aliphatic heterocycles. The number of hydrogen-bond acceptors (Lipinski definition) is 3. The van der Waals surface area contributed by atoms with E-state index in [9.17, 15) is 0 Å². The van der Waals surface area contributed by atoms with Crippen molar-refractivity contribution in [2.45, 2.75) is 38.3 Å². The summed E-state index contributed by atoms with van der Waals surface area (Å²) in [5.41, 5.74) is 1.15. The van der Waals surface area contributed by atoms with E-state index in [4.69, 9.17) is 21.1 Å². The summed E-state index contributed by atoms with van der Waals surface area (Å²) in [5, 5.41) is 4.12. The fourth-order valence-electron chi connectivity index (χ4n) is 2.05. The van der Waals surface area contributed by atoms with Crippen molar-refractivity contribution in [2.75, 3.05) is 13.7 Å². The number of rotatable bonds is 7. The van der Waals surface area contributed by atoms with Gasteiger partial charge in [-0.15, -0.1) is 0 Å². The predicted molar refractivity (Wildman–Crippen MR) is 76.1 cm³/mol. The lowest BCUT2D eigenvalue weighted by atomic mass is 10.2. The number of hydrogen-bond donors (Lipinski definition) is 1. The van der Waals surface area contributed by atoms with Gasteiger partial charge in [-0.05, 0) is 49.3 Å². The first-order valence-corrected chi connectivity index (χ1v) is 7.36. The van der Waals surface area contributed by atoms with Crippen LogP contribution in [0.2, 0.25) is 5.02 Å². The van der Waals surface area contributed by atoms with Crippen molar-refractivity contribution in [3.05, 3.63) is 22.7 Å². The van der Waals surface area contributed by atoms with Crippen LogP contribution in [0.5, 0.6) is 11.5 Å². The molecule has 3 rings (SSSR count). The smallest absolute Gasteiger partial charge is 0.179 e. The Bertz CT molecular complexity index is 456. The minimum Gasteiger partial charge on any atom is -0.493 e. The molecule has 0 heterocycles. The molecule has 2 fully saturated rings. The van der Waals surface area contributed by atoms with Crippen molar-refractivity contribution in [3.63, 3.8) is 0 Å². The molecule has 0 amide bonds. The van der Waals surface area contributed by atoms with Gasteiger partial charge in [-0.3, -0.25) is 0 Å². The Balaban J connectivity index is 1.69. The monoisotopic (exact) mass is 281 g/mol. The van der Waals surface area contributed by atoms with E-state index < -0.39 is 0 Å². The predicted octanol–water partition coefficient (Wildman–Crippen LogP) is 3.39. The summed E-state index contributed by atoms with van der Waals surface area (Å²) in [7, 11) is 1.66. The van der Waals surface area contributed by atoms with E-state index in [0.29, 0.717) is 22.7 Å². The minimum absolute atomic E-state index is 0.646. The van der Waals surface area contributed by atoms with E-state index in [-0.39, 0.29) is 0 Å². The number of methoxy groups -OCH3 is 1. The first-order valence-electron chi connectivity index (χ1n) is 6.99. The maximum Gasteiger partial charge on any atom is 0.179 e. The number of halogens is 1. The lowest BCUT2D eigenvalue weighted by molar-refractivity contribution is 0.280. The molecule has 1 N–H and O–H groups in total. The van der Waals surface area contributed by atoms with Crippen LogP contribution in [0, 0.1) is 5.92 Å². The van der Waals surface area contributed by atoms with Crippen molar-refractivity contribution < 1.29 is 9.47 Å². The SMILES string of the molecule is COc1cc(CNC2CC2)cc(Cl)c1OCC1CC1. The molecule has 0 radical (unpaired) electrons. The van der Waals surface area contributed by atoms with Crippen LogP contribution in [0.4, 0.5) is 0 Å². The van der Waals surface area contributed by atoms with Gasteiger partial charge < -0.3 is 14.8 Å². The summed E-state index contributed by atoms with van der Waals surface area (Å²) in [6.45, 7) is 1.58. The molecular formula is C15H20ClNO2. The Labute approximate surface area is 119 Å². The summed E-state index contributed by atoms with van der Waals surface area (Å²) in [6, 6.07) is 4.68. The molecule has 1 aromatic rings. The third-order valence-electron chi connectivity index (χ3n) is 3.62. The highest BCUT2D eigenvalue weighted by atomic mass is 35.5. The molecule has 0 aromatic heterocycles. The van der Waals surface area contributed by atoms with E-state index >= 15 is 0 Å². The minimum atomic E-state index is 0.646. The largest absolute Gasteiger partial charge is 0.493 e. The molecule has 2 aliphatic rings. The zero-order valence-corrected chi connectivity index (χ0v) is 12.0. The van der Waals surface area contributed by atoms with E-state index in [1.807, 2.05) is 12.1 Å². The summed E-state index contributed by atoms with van der Waals surface area (Å²) < 4.78 is 11.2. The highest BCUT2D eigenvalue weighted by molar-refractivity contribution is 6.32. The molecule has 2 aliphatic carbocycles. The van der Waals surface area contributed by atoms with Crippen LogP contribution in [0.15, 0.2) is 12.1 Å². The van der Waals surface area contributed by atoms with Crippen molar-refractivity contribution in [1.29, 1.82) is 0 Å². The number of benzene rings is 1. The average Bonchev–Trinajstić information content (AvgIpc) is 3.27. The maximum atomic E-state index is 6.32. The fourth-order valence-corrected chi connectivity index (χ4v) is 2.34. The first kappa shape index (κ1) is 13.1. The summed E-state index contributed by atoms with van der Waals surface area (Å²) >= 11 is 6.32. The zero-order chi connectivity index (χ0) is 13.2. The van der Waals surface area contributed by atoms with Gasteiger partial charge in [-0.2, -0.15) is 0 Å². The Hall–Kier alpha value is -0.930. The van der Waals surface area contributed by atoms with Gasteiger partial charge in [-0.1, -0.05) is 11.6 Å². The molecule has 104 valence electrons. The maximum absolute atomic E-state index is 6.32. The summed E-state index contributed by atoms with van der Waals surface area (Å²) in [6.07, 6.45) is 5.10. The topological polar surface area (TPSA) is 30.5 Å². The summed E-state index contributed by atoms with van der Waals surface area (Å²) in [5.74, 6) is 2.13. The van der Waals surface area contributed by atoms with Crippen molar-refractivity contribution in [1.82, 2.24) is 5.32 Å². The standard InChI is InChI=1S/C15H20ClNO2/c1-18-14-7-11(8-17-12-4-5-12)6-13(16)15(14)19-9-10-2-3-10/h6-7,10,12,17H,2-5,8-9H2,1H3. The van der Waals surface area contributed by atoms with Crippen LogP contribution in [0.25, 0.3) is 0 Å². The first-order chi connectivity index (χ1) is 9.26. The number of ether oxygens (including phenoxy) is 2. The Morgan fingerprint density at radius 1 is 1.26 bits per heavy atom. The van der Waals surface area contributed by atoms with Gasteiger partial charge in [0, 0.05) is 12.6 Å².